The first-order valence-corrected chi connectivity index (χ1v) is 9.05. The van der Waals surface area contributed by atoms with Crippen LogP contribution in [0.1, 0.15) is 35.8 Å². The van der Waals surface area contributed by atoms with Crippen LogP contribution < -0.4 is 0 Å². The Balaban J connectivity index is 2.39. The van der Waals surface area contributed by atoms with Gasteiger partial charge in [-0.15, -0.1) is 11.8 Å². The SMILES string of the molecule is CCOC(=O)CN1C(=O)C(=CSCC)C1c1ccccc1C(=O)OC. The molecule has 1 heterocycles. The van der Waals surface area contributed by atoms with Crippen LogP contribution in [0.3, 0.4) is 0 Å². The molecule has 1 aliphatic rings. The molecule has 0 aliphatic carbocycles. The number of carbonyl (C=O) groups is 3. The zero-order valence-electron chi connectivity index (χ0n) is 14.5. The molecule has 6 nitrogen and oxygen atoms in total. The molecule has 0 N–H and O–H groups in total. The lowest BCUT2D eigenvalue weighted by molar-refractivity contribution is -0.152. The highest BCUT2D eigenvalue weighted by atomic mass is 32.2. The molecule has 0 spiro atoms. The van der Waals surface area contributed by atoms with Gasteiger partial charge in [0.05, 0.1) is 30.9 Å². The highest BCUT2D eigenvalue weighted by molar-refractivity contribution is 8.02. The number of carbonyl (C=O) groups excluding carboxylic acids is 3. The van der Waals surface area contributed by atoms with Crippen molar-refractivity contribution in [2.75, 3.05) is 26.0 Å². The summed E-state index contributed by atoms with van der Waals surface area (Å²) in [4.78, 5) is 37.8. The third kappa shape index (κ3) is 4.04. The van der Waals surface area contributed by atoms with E-state index in [1.165, 1.54) is 23.8 Å². The Hall–Kier alpha value is -2.28. The average molecular weight is 363 g/mol. The van der Waals surface area contributed by atoms with Gasteiger partial charge in [0.25, 0.3) is 5.91 Å². The third-order valence-corrected chi connectivity index (χ3v) is 4.51. The van der Waals surface area contributed by atoms with Crippen molar-refractivity contribution in [2.24, 2.45) is 0 Å². The van der Waals surface area contributed by atoms with Gasteiger partial charge < -0.3 is 14.4 Å². The fourth-order valence-corrected chi connectivity index (χ4v) is 3.24. The monoisotopic (exact) mass is 363 g/mol. The zero-order valence-corrected chi connectivity index (χ0v) is 15.3. The number of rotatable bonds is 7. The summed E-state index contributed by atoms with van der Waals surface area (Å²) < 4.78 is 9.78. The van der Waals surface area contributed by atoms with Crippen molar-refractivity contribution in [1.29, 1.82) is 0 Å². The highest BCUT2D eigenvalue weighted by Gasteiger charge is 2.45. The third-order valence-electron chi connectivity index (χ3n) is 3.76. The number of amides is 1. The fraction of sp³-hybridized carbons (Fsp3) is 0.389. The van der Waals surface area contributed by atoms with Gasteiger partial charge in [0.1, 0.15) is 6.54 Å². The molecular weight excluding hydrogens is 342 g/mol. The maximum absolute atomic E-state index is 12.5. The number of esters is 2. The molecule has 1 aromatic carbocycles. The van der Waals surface area contributed by atoms with Crippen LogP contribution in [0, 0.1) is 0 Å². The van der Waals surface area contributed by atoms with Gasteiger partial charge in [-0.1, -0.05) is 25.1 Å². The number of β-lactam (4-membered cyclic amide) rings is 1. The molecule has 1 atom stereocenters. The van der Waals surface area contributed by atoms with E-state index in [9.17, 15) is 14.4 Å². The molecule has 134 valence electrons. The number of hydrogen-bond acceptors (Lipinski definition) is 6. The van der Waals surface area contributed by atoms with Crippen LogP contribution in [0.2, 0.25) is 0 Å². The molecule has 1 aliphatic heterocycles. The van der Waals surface area contributed by atoms with E-state index >= 15 is 0 Å². The van der Waals surface area contributed by atoms with E-state index in [1.54, 1.807) is 36.6 Å². The molecular formula is C18H21NO5S. The van der Waals surface area contributed by atoms with Gasteiger partial charge in [-0.25, -0.2) is 4.79 Å². The standard InChI is InChI=1S/C18H21NO5S/c1-4-24-15(20)10-19-16(14(17(19)21)11-25-5-2)12-8-6-7-9-13(12)18(22)23-3/h6-9,11,16H,4-5,10H2,1-3H3. The van der Waals surface area contributed by atoms with Crippen LogP contribution in [0.4, 0.5) is 0 Å². The summed E-state index contributed by atoms with van der Waals surface area (Å²) in [6.07, 6.45) is 0. The van der Waals surface area contributed by atoms with Crippen LogP contribution in [0.15, 0.2) is 35.2 Å². The predicted molar refractivity (Wildman–Crippen MR) is 95.1 cm³/mol. The summed E-state index contributed by atoms with van der Waals surface area (Å²) in [5, 5.41) is 1.79. The Morgan fingerprint density at radius 2 is 2.00 bits per heavy atom. The molecule has 7 heteroatoms. The molecule has 1 amide bonds. The number of methoxy groups -OCH3 is 1. The minimum absolute atomic E-state index is 0.152. The second-order valence-electron chi connectivity index (χ2n) is 5.25. The number of ether oxygens (including phenoxy) is 2. The first-order chi connectivity index (χ1) is 12.0. The molecule has 0 aromatic heterocycles. The van der Waals surface area contributed by atoms with Crippen LogP contribution in [-0.2, 0) is 19.1 Å². The lowest BCUT2D eigenvalue weighted by atomic mass is 9.86. The van der Waals surface area contributed by atoms with Crippen molar-refractivity contribution in [3.63, 3.8) is 0 Å². The van der Waals surface area contributed by atoms with E-state index < -0.39 is 18.0 Å². The Morgan fingerprint density at radius 3 is 2.64 bits per heavy atom. The molecule has 1 saturated heterocycles. The minimum atomic E-state index is -0.478. The van der Waals surface area contributed by atoms with E-state index in [-0.39, 0.29) is 19.1 Å². The van der Waals surface area contributed by atoms with E-state index in [2.05, 4.69) is 0 Å². The minimum Gasteiger partial charge on any atom is -0.465 e. The van der Waals surface area contributed by atoms with Crippen molar-refractivity contribution in [3.8, 4) is 0 Å². The van der Waals surface area contributed by atoms with Gasteiger partial charge in [0.15, 0.2) is 0 Å². The Bertz CT molecular complexity index is 700. The van der Waals surface area contributed by atoms with Gasteiger partial charge in [-0.05, 0) is 29.7 Å². The Morgan fingerprint density at radius 1 is 1.28 bits per heavy atom. The van der Waals surface area contributed by atoms with Crippen molar-refractivity contribution in [1.82, 2.24) is 4.90 Å². The molecule has 0 bridgehead atoms. The van der Waals surface area contributed by atoms with Gasteiger partial charge in [-0.2, -0.15) is 0 Å². The summed E-state index contributed by atoms with van der Waals surface area (Å²) in [7, 11) is 1.31. The van der Waals surface area contributed by atoms with Crippen LogP contribution in [0.5, 0.6) is 0 Å². The molecule has 0 saturated carbocycles. The smallest absolute Gasteiger partial charge is 0.338 e. The first-order valence-electron chi connectivity index (χ1n) is 8.00. The van der Waals surface area contributed by atoms with Gasteiger partial charge >= 0.3 is 11.9 Å². The largest absolute Gasteiger partial charge is 0.465 e. The van der Waals surface area contributed by atoms with Crippen LogP contribution in [0.25, 0.3) is 0 Å². The first kappa shape index (κ1) is 19.1. The zero-order chi connectivity index (χ0) is 18.4. The maximum Gasteiger partial charge on any atom is 0.338 e. The maximum atomic E-state index is 12.5. The van der Waals surface area contributed by atoms with Crippen LogP contribution in [-0.4, -0.2) is 48.8 Å². The molecule has 1 aromatic rings. The van der Waals surface area contributed by atoms with Crippen molar-refractivity contribution in [3.05, 3.63) is 46.4 Å². The Labute approximate surface area is 151 Å². The van der Waals surface area contributed by atoms with Gasteiger partial charge in [0.2, 0.25) is 0 Å². The van der Waals surface area contributed by atoms with E-state index in [1.807, 2.05) is 6.92 Å². The number of likely N-dealkylation sites (tertiary alicyclic amines) is 1. The van der Waals surface area contributed by atoms with Crippen LogP contribution >= 0.6 is 11.8 Å². The van der Waals surface area contributed by atoms with Crippen molar-refractivity contribution < 1.29 is 23.9 Å². The second kappa shape index (κ2) is 8.71. The average Bonchev–Trinajstić information content (AvgIpc) is 2.63. The second-order valence-corrected chi connectivity index (χ2v) is 6.39. The molecule has 1 fully saturated rings. The van der Waals surface area contributed by atoms with Crippen molar-refractivity contribution >= 4 is 29.6 Å². The molecule has 0 radical (unpaired) electrons. The van der Waals surface area contributed by atoms with Gasteiger partial charge in [0, 0.05) is 0 Å². The summed E-state index contributed by atoms with van der Waals surface area (Å²) in [6, 6.07) is 6.47. The lowest BCUT2D eigenvalue weighted by Gasteiger charge is -2.42. The Kier molecular flexibility index (Phi) is 6.64. The predicted octanol–water partition coefficient (Wildman–Crippen LogP) is 2.56. The topological polar surface area (TPSA) is 72.9 Å². The normalized spacial score (nSPS) is 18.0. The summed E-state index contributed by atoms with van der Waals surface area (Å²) in [5.74, 6) is -0.356. The summed E-state index contributed by atoms with van der Waals surface area (Å²) in [6.45, 7) is 3.79. The molecule has 25 heavy (non-hydrogen) atoms. The lowest BCUT2D eigenvalue weighted by Crippen LogP contribution is -2.51. The van der Waals surface area contributed by atoms with E-state index in [0.717, 1.165) is 5.75 Å². The summed E-state index contributed by atoms with van der Waals surface area (Å²) >= 11 is 1.50. The number of nitrogens with zero attached hydrogens (tertiary/aromatic N) is 1. The number of thioether (sulfide) groups is 1. The van der Waals surface area contributed by atoms with Crippen molar-refractivity contribution in [2.45, 2.75) is 19.9 Å². The summed E-state index contributed by atoms with van der Waals surface area (Å²) in [5.41, 5.74) is 1.58. The van der Waals surface area contributed by atoms with E-state index in [0.29, 0.717) is 16.7 Å². The fourth-order valence-electron chi connectivity index (χ4n) is 2.67. The van der Waals surface area contributed by atoms with E-state index in [4.69, 9.17) is 9.47 Å². The van der Waals surface area contributed by atoms with Gasteiger partial charge in [-0.3, -0.25) is 9.59 Å². The highest BCUT2D eigenvalue weighted by Crippen LogP contribution is 2.42. The molecule has 1 unspecified atom stereocenters. The molecule has 2 rings (SSSR count). The quantitative estimate of drug-likeness (QED) is 0.421. The number of benzene rings is 1. The number of hydrogen-bond donors (Lipinski definition) is 0.